The number of benzene rings is 1. The Kier molecular flexibility index (Phi) is 5.94. The molecular weight excluding hydrogens is 392 g/mol. The van der Waals surface area contributed by atoms with Gasteiger partial charge in [-0.25, -0.2) is 19.9 Å². The van der Waals surface area contributed by atoms with Crippen LogP contribution in [0.5, 0.6) is 0 Å². The predicted octanol–water partition coefficient (Wildman–Crippen LogP) is 3.06. The van der Waals surface area contributed by atoms with Crippen LogP contribution in [-0.2, 0) is 0 Å². The first kappa shape index (κ1) is 20.5. The number of hydrogen-bond acceptors (Lipinski definition) is 8. The maximum atomic E-state index is 11.9. The van der Waals surface area contributed by atoms with Crippen molar-refractivity contribution in [1.29, 1.82) is 0 Å². The maximum Gasteiger partial charge on any atom is 0.254 e. The summed E-state index contributed by atoms with van der Waals surface area (Å²) in [4.78, 5) is 33.7. The van der Waals surface area contributed by atoms with E-state index in [9.17, 15) is 4.79 Å². The van der Waals surface area contributed by atoms with Crippen LogP contribution < -0.4 is 16.8 Å². The Bertz CT molecular complexity index is 1130. The smallest absolute Gasteiger partial charge is 0.254 e. The minimum atomic E-state index is -0.629. The number of rotatable bonds is 5. The van der Waals surface area contributed by atoms with Crippen LogP contribution in [0.3, 0.4) is 0 Å². The van der Waals surface area contributed by atoms with E-state index in [2.05, 4.69) is 30.2 Å². The number of amides is 1. The molecule has 0 bridgehead atoms. The van der Waals surface area contributed by atoms with E-state index in [0.29, 0.717) is 5.82 Å². The van der Waals surface area contributed by atoms with Crippen molar-refractivity contribution in [3.8, 4) is 11.4 Å². The lowest BCUT2D eigenvalue weighted by Gasteiger charge is -2.19. The summed E-state index contributed by atoms with van der Waals surface area (Å²) in [5.41, 5.74) is 15.3. The van der Waals surface area contributed by atoms with Gasteiger partial charge in [0, 0.05) is 41.6 Å². The summed E-state index contributed by atoms with van der Waals surface area (Å²) in [6, 6.07) is 7.48. The number of aromatic nitrogens is 4. The van der Waals surface area contributed by atoms with Gasteiger partial charge in [-0.2, -0.15) is 4.98 Å². The Morgan fingerprint density at radius 2 is 1.97 bits per heavy atom. The first-order valence-electron chi connectivity index (χ1n) is 10.2. The van der Waals surface area contributed by atoms with E-state index in [1.165, 1.54) is 6.20 Å². The van der Waals surface area contributed by atoms with Crippen LogP contribution in [0.2, 0.25) is 0 Å². The zero-order valence-corrected chi connectivity index (χ0v) is 17.2. The molecule has 4 rings (SSSR count). The van der Waals surface area contributed by atoms with Gasteiger partial charge in [0.1, 0.15) is 11.4 Å². The van der Waals surface area contributed by atoms with Gasteiger partial charge in [-0.1, -0.05) is 6.42 Å². The topological polar surface area (TPSA) is 145 Å². The number of aliphatic imine (C=N–C) groups is 1. The Labute approximate surface area is 180 Å². The fraction of sp³-hybridized carbons (Fsp3) is 0.273. The van der Waals surface area contributed by atoms with Crippen LogP contribution in [0.25, 0.3) is 11.4 Å². The summed E-state index contributed by atoms with van der Waals surface area (Å²) < 4.78 is 0. The second-order valence-corrected chi connectivity index (χ2v) is 7.54. The maximum absolute atomic E-state index is 11.9. The molecule has 1 fully saturated rings. The van der Waals surface area contributed by atoms with Crippen molar-refractivity contribution in [2.75, 3.05) is 5.32 Å². The van der Waals surface area contributed by atoms with Crippen molar-refractivity contribution in [2.45, 2.75) is 38.6 Å². The molecule has 1 saturated carbocycles. The largest absolute Gasteiger partial charge is 0.365 e. The van der Waals surface area contributed by atoms with Gasteiger partial charge >= 0.3 is 0 Å². The first-order chi connectivity index (χ1) is 15.0. The number of carbonyl (C=O) groups excluding carboxylic acids is 1. The number of carbonyl (C=O) groups is 1. The molecule has 3 aromatic rings. The highest BCUT2D eigenvalue weighted by molar-refractivity contribution is 5.98. The van der Waals surface area contributed by atoms with Gasteiger partial charge in [0.15, 0.2) is 5.82 Å². The van der Waals surface area contributed by atoms with Crippen LogP contribution in [0.15, 0.2) is 47.8 Å². The third kappa shape index (κ3) is 4.89. The highest BCUT2D eigenvalue weighted by Crippen LogP contribution is 2.26. The van der Waals surface area contributed by atoms with Crippen LogP contribution in [0.1, 0.15) is 41.6 Å². The Morgan fingerprint density at radius 3 is 2.71 bits per heavy atom. The molecule has 1 aliphatic carbocycles. The van der Waals surface area contributed by atoms with Crippen LogP contribution in [0.4, 0.5) is 17.5 Å². The third-order valence-corrected chi connectivity index (χ3v) is 5.08. The lowest BCUT2D eigenvalue weighted by Crippen LogP contribution is -2.33. The van der Waals surface area contributed by atoms with Crippen LogP contribution in [-0.4, -0.2) is 37.6 Å². The quantitative estimate of drug-likeness (QED) is 0.579. The molecule has 1 amide bonds. The number of nitrogens with zero attached hydrogens (tertiary/aromatic N) is 5. The average molecular weight is 416 g/mol. The molecule has 9 nitrogen and oxygen atoms in total. The second kappa shape index (κ2) is 8.97. The Hall–Kier alpha value is -3.72. The fourth-order valence-electron chi connectivity index (χ4n) is 3.56. The summed E-state index contributed by atoms with van der Waals surface area (Å²) >= 11 is 0. The zero-order valence-electron chi connectivity index (χ0n) is 17.2. The number of nitrogens with one attached hydrogen (secondary N) is 1. The first-order valence-corrected chi connectivity index (χ1v) is 10.2. The number of nitrogens with two attached hydrogens (primary N) is 2. The molecule has 2 aromatic heterocycles. The number of hydrogen-bond donors (Lipinski definition) is 3. The van der Waals surface area contributed by atoms with E-state index in [-0.39, 0.29) is 23.4 Å². The van der Waals surface area contributed by atoms with Crippen molar-refractivity contribution in [2.24, 2.45) is 16.5 Å². The molecule has 1 aromatic carbocycles. The molecule has 0 unspecified atom stereocenters. The van der Waals surface area contributed by atoms with Crippen molar-refractivity contribution in [3.63, 3.8) is 0 Å². The number of anilines is 2. The van der Waals surface area contributed by atoms with Gasteiger partial charge in [0.25, 0.3) is 11.9 Å². The SMILES string of the molecule is Cc1cc(Nc2nc(N=C3CCCC[C@@H]3N)ncc2C(N)=O)cc(-c2ncccn2)c1. The monoisotopic (exact) mass is 416 g/mol. The molecule has 1 atom stereocenters. The minimum absolute atomic E-state index is 0.0882. The van der Waals surface area contributed by atoms with Crippen molar-refractivity contribution in [3.05, 3.63) is 54.0 Å². The zero-order chi connectivity index (χ0) is 21.8. The molecule has 0 saturated heterocycles. The Balaban J connectivity index is 1.69. The Morgan fingerprint density at radius 1 is 1.16 bits per heavy atom. The molecule has 5 N–H and O–H groups in total. The molecule has 2 heterocycles. The van der Waals surface area contributed by atoms with E-state index in [4.69, 9.17) is 11.5 Å². The highest BCUT2D eigenvalue weighted by atomic mass is 16.1. The highest BCUT2D eigenvalue weighted by Gasteiger charge is 2.18. The van der Waals surface area contributed by atoms with Crippen molar-refractivity contribution >= 4 is 29.1 Å². The van der Waals surface area contributed by atoms with E-state index >= 15 is 0 Å². The van der Waals surface area contributed by atoms with Crippen LogP contribution >= 0.6 is 0 Å². The molecule has 9 heteroatoms. The molecule has 0 radical (unpaired) electrons. The summed E-state index contributed by atoms with van der Waals surface area (Å²) in [6.07, 6.45) is 8.63. The molecule has 1 aliphatic rings. The summed E-state index contributed by atoms with van der Waals surface area (Å²) in [7, 11) is 0. The van der Waals surface area contributed by atoms with E-state index in [1.807, 2.05) is 25.1 Å². The van der Waals surface area contributed by atoms with Gasteiger partial charge in [0.2, 0.25) is 0 Å². The van der Waals surface area contributed by atoms with Gasteiger partial charge in [-0.3, -0.25) is 4.79 Å². The van der Waals surface area contributed by atoms with E-state index in [0.717, 1.165) is 48.2 Å². The standard InChI is InChI=1S/C22H24N8O/c1-13-9-14(20-25-7-4-8-26-20)11-15(10-13)28-21-16(19(24)31)12-27-22(30-21)29-18-6-3-2-5-17(18)23/h4,7-12,17H,2-3,5-6,23H2,1H3,(H2,24,31)(H,27,28,30)/t17-/m0/s1. The lowest BCUT2D eigenvalue weighted by molar-refractivity contribution is 0.100. The normalized spacial score (nSPS) is 17.5. The molecule has 0 aliphatic heterocycles. The second-order valence-electron chi connectivity index (χ2n) is 7.54. The van der Waals surface area contributed by atoms with Crippen molar-refractivity contribution in [1.82, 2.24) is 19.9 Å². The molecular formula is C22H24N8O. The van der Waals surface area contributed by atoms with Crippen molar-refractivity contribution < 1.29 is 4.79 Å². The van der Waals surface area contributed by atoms with E-state index in [1.54, 1.807) is 18.5 Å². The number of aryl methyl sites for hydroxylation is 1. The molecule has 31 heavy (non-hydrogen) atoms. The average Bonchev–Trinajstić information content (AvgIpc) is 2.75. The number of primary amides is 1. The third-order valence-electron chi connectivity index (χ3n) is 5.08. The lowest BCUT2D eigenvalue weighted by atomic mass is 9.94. The van der Waals surface area contributed by atoms with Gasteiger partial charge < -0.3 is 16.8 Å². The summed E-state index contributed by atoms with van der Waals surface area (Å²) in [5, 5.41) is 3.19. The minimum Gasteiger partial charge on any atom is -0.365 e. The predicted molar refractivity (Wildman–Crippen MR) is 120 cm³/mol. The summed E-state index contributed by atoms with van der Waals surface area (Å²) in [6.45, 7) is 1.97. The van der Waals surface area contributed by atoms with E-state index < -0.39 is 5.91 Å². The molecule has 158 valence electrons. The van der Waals surface area contributed by atoms with Gasteiger partial charge in [-0.05, 0) is 56.0 Å². The summed E-state index contributed by atoms with van der Waals surface area (Å²) in [5.74, 6) is 0.511. The molecule has 0 spiro atoms. The fourth-order valence-corrected chi connectivity index (χ4v) is 3.56. The van der Waals surface area contributed by atoms with Gasteiger partial charge in [-0.15, -0.1) is 0 Å². The van der Waals surface area contributed by atoms with Crippen LogP contribution in [0, 0.1) is 6.92 Å². The van der Waals surface area contributed by atoms with Gasteiger partial charge in [0.05, 0.1) is 0 Å².